The predicted molar refractivity (Wildman–Crippen MR) is 86.6 cm³/mol. The number of hydrogen-bond acceptors (Lipinski definition) is 3. The Labute approximate surface area is 133 Å². The molecule has 0 aliphatic heterocycles. The fraction of sp³-hybridized carbons (Fsp3) is 0.812. The first-order valence-electron chi connectivity index (χ1n) is 8.25. The van der Waals surface area contributed by atoms with Crippen molar-refractivity contribution in [3.8, 4) is 0 Å². The summed E-state index contributed by atoms with van der Waals surface area (Å²) in [6.07, 6.45) is 6.49. The topological polar surface area (TPSA) is 41.3 Å². The SMILES string of the molecule is CCCn1ncc(Cl)c1C(O)C1(N(CC)CC)CCCC1. The van der Waals surface area contributed by atoms with Gasteiger partial charge in [0.15, 0.2) is 0 Å². The van der Waals surface area contributed by atoms with Gasteiger partial charge in [0.25, 0.3) is 0 Å². The maximum Gasteiger partial charge on any atom is 0.115 e. The van der Waals surface area contributed by atoms with Gasteiger partial charge in [0.1, 0.15) is 6.10 Å². The molecular formula is C16H28ClN3O. The Bertz CT molecular complexity index is 450. The van der Waals surface area contributed by atoms with Crippen molar-refractivity contribution in [1.82, 2.24) is 14.7 Å². The lowest BCUT2D eigenvalue weighted by Gasteiger charge is -2.44. The van der Waals surface area contributed by atoms with Crippen LogP contribution in [0.25, 0.3) is 0 Å². The summed E-state index contributed by atoms with van der Waals surface area (Å²) in [6, 6.07) is 0. The Kier molecular flexibility index (Phi) is 5.69. The molecule has 5 heteroatoms. The zero-order valence-corrected chi connectivity index (χ0v) is 14.2. The predicted octanol–water partition coefficient (Wildman–Crippen LogP) is 3.63. The lowest BCUT2D eigenvalue weighted by atomic mass is 9.86. The molecule has 0 radical (unpaired) electrons. The standard InChI is InChI=1S/C16H28ClN3O/c1-4-11-20-14(13(17)12-18-20)15(21)16(9-7-8-10-16)19(5-2)6-3/h12,15,21H,4-11H2,1-3H3. The molecule has 120 valence electrons. The average Bonchev–Trinajstić information content (AvgIpc) is 3.09. The number of aromatic nitrogens is 2. The van der Waals surface area contributed by atoms with E-state index in [1.165, 1.54) is 12.8 Å². The number of aliphatic hydroxyl groups is 1. The largest absolute Gasteiger partial charge is 0.385 e. The normalized spacial score (nSPS) is 19.3. The summed E-state index contributed by atoms with van der Waals surface area (Å²) in [7, 11) is 0. The molecule has 0 aromatic carbocycles. The van der Waals surface area contributed by atoms with Gasteiger partial charge in [0.2, 0.25) is 0 Å². The molecule has 1 aliphatic rings. The van der Waals surface area contributed by atoms with Crippen LogP contribution in [0.3, 0.4) is 0 Å². The van der Waals surface area contributed by atoms with E-state index in [4.69, 9.17) is 11.6 Å². The zero-order chi connectivity index (χ0) is 15.5. The lowest BCUT2D eigenvalue weighted by Crippen LogP contribution is -2.51. The number of nitrogens with zero attached hydrogens (tertiary/aromatic N) is 3. The van der Waals surface area contributed by atoms with Gasteiger partial charge in [0, 0.05) is 6.54 Å². The van der Waals surface area contributed by atoms with Crippen LogP contribution in [0, 0.1) is 0 Å². The van der Waals surface area contributed by atoms with E-state index < -0.39 is 6.10 Å². The van der Waals surface area contributed by atoms with E-state index in [-0.39, 0.29) is 5.54 Å². The summed E-state index contributed by atoms with van der Waals surface area (Å²) in [5, 5.41) is 16.1. The summed E-state index contributed by atoms with van der Waals surface area (Å²) in [5.41, 5.74) is 0.617. The molecule has 0 amide bonds. The first-order chi connectivity index (χ1) is 10.1. The highest BCUT2D eigenvalue weighted by molar-refractivity contribution is 6.31. The van der Waals surface area contributed by atoms with E-state index in [0.29, 0.717) is 5.02 Å². The molecule has 1 heterocycles. The van der Waals surface area contributed by atoms with Gasteiger partial charge in [-0.3, -0.25) is 9.58 Å². The maximum absolute atomic E-state index is 11.2. The Morgan fingerprint density at radius 2 is 1.95 bits per heavy atom. The van der Waals surface area contributed by atoms with E-state index in [2.05, 4.69) is 30.8 Å². The molecule has 0 spiro atoms. The second kappa shape index (κ2) is 7.12. The Hall–Kier alpha value is -0.580. The van der Waals surface area contributed by atoms with Crippen LogP contribution in [0.4, 0.5) is 0 Å². The zero-order valence-electron chi connectivity index (χ0n) is 13.5. The van der Waals surface area contributed by atoms with Gasteiger partial charge < -0.3 is 5.11 Å². The van der Waals surface area contributed by atoms with Gasteiger partial charge in [-0.25, -0.2) is 0 Å². The fourth-order valence-corrected chi connectivity index (χ4v) is 4.14. The number of likely N-dealkylation sites (N-methyl/N-ethyl adjacent to an activating group) is 1. The van der Waals surface area contributed by atoms with Crippen molar-refractivity contribution in [2.45, 2.75) is 71.1 Å². The molecule has 0 saturated heterocycles. The third kappa shape index (κ3) is 2.99. The van der Waals surface area contributed by atoms with Crippen molar-refractivity contribution in [1.29, 1.82) is 0 Å². The van der Waals surface area contributed by atoms with Gasteiger partial charge in [-0.05, 0) is 32.4 Å². The molecule has 1 fully saturated rings. The Balaban J connectivity index is 2.39. The van der Waals surface area contributed by atoms with Crippen LogP contribution < -0.4 is 0 Å². The van der Waals surface area contributed by atoms with E-state index in [1.807, 2.05) is 4.68 Å². The molecule has 1 aromatic rings. The Morgan fingerprint density at radius 1 is 1.33 bits per heavy atom. The number of halogens is 1. The summed E-state index contributed by atoms with van der Waals surface area (Å²) in [5.74, 6) is 0. The lowest BCUT2D eigenvalue weighted by molar-refractivity contribution is -0.0312. The minimum absolute atomic E-state index is 0.182. The molecule has 4 nitrogen and oxygen atoms in total. The van der Waals surface area contributed by atoms with Gasteiger partial charge in [-0.15, -0.1) is 0 Å². The highest BCUT2D eigenvalue weighted by Crippen LogP contribution is 2.45. The molecule has 1 unspecified atom stereocenters. The number of aryl methyl sites for hydroxylation is 1. The first kappa shape index (κ1) is 16.8. The highest BCUT2D eigenvalue weighted by Gasteiger charge is 2.46. The summed E-state index contributed by atoms with van der Waals surface area (Å²) in [6.45, 7) is 9.15. The van der Waals surface area contributed by atoms with Crippen molar-refractivity contribution in [3.05, 3.63) is 16.9 Å². The van der Waals surface area contributed by atoms with Crippen molar-refractivity contribution in [3.63, 3.8) is 0 Å². The average molecular weight is 314 g/mol. The number of rotatable bonds is 7. The van der Waals surface area contributed by atoms with Crippen molar-refractivity contribution < 1.29 is 5.11 Å². The minimum Gasteiger partial charge on any atom is -0.385 e. The highest BCUT2D eigenvalue weighted by atomic mass is 35.5. The molecule has 0 bridgehead atoms. The monoisotopic (exact) mass is 313 g/mol. The van der Waals surface area contributed by atoms with Crippen molar-refractivity contribution >= 4 is 11.6 Å². The number of hydrogen-bond donors (Lipinski definition) is 1. The van der Waals surface area contributed by atoms with Crippen LogP contribution in [-0.4, -0.2) is 38.4 Å². The van der Waals surface area contributed by atoms with Gasteiger partial charge in [-0.2, -0.15) is 5.10 Å². The van der Waals surface area contributed by atoms with E-state index in [0.717, 1.165) is 44.6 Å². The van der Waals surface area contributed by atoms with Gasteiger partial charge in [-0.1, -0.05) is 45.2 Å². The summed E-state index contributed by atoms with van der Waals surface area (Å²) < 4.78 is 1.89. The minimum atomic E-state index is -0.568. The third-order valence-corrected chi connectivity index (χ3v) is 5.19. The molecule has 1 saturated carbocycles. The van der Waals surface area contributed by atoms with Crippen LogP contribution >= 0.6 is 11.6 Å². The van der Waals surface area contributed by atoms with Gasteiger partial charge >= 0.3 is 0 Å². The molecule has 21 heavy (non-hydrogen) atoms. The third-order valence-electron chi connectivity index (χ3n) is 4.90. The van der Waals surface area contributed by atoms with Crippen LogP contribution in [0.1, 0.15) is 64.7 Å². The first-order valence-corrected chi connectivity index (χ1v) is 8.62. The quantitative estimate of drug-likeness (QED) is 0.835. The second-order valence-electron chi connectivity index (χ2n) is 5.99. The van der Waals surface area contributed by atoms with Gasteiger partial charge in [0.05, 0.1) is 22.5 Å². The van der Waals surface area contributed by atoms with Crippen molar-refractivity contribution in [2.24, 2.45) is 0 Å². The van der Waals surface area contributed by atoms with Crippen molar-refractivity contribution in [2.75, 3.05) is 13.1 Å². The maximum atomic E-state index is 11.2. The summed E-state index contributed by atoms with van der Waals surface area (Å²) in [4.78, 5) is 2.41. The van der Waals surface area contributed by atoms with Crippen LogP contribution in [-0.2, 0) is 6.54 Å². The van der Waals surface area contributed by atoms with Crippen LogP contribution in [0.15, 0.2) is 6.20 Å². The molecular weight excluding hydrogens is 286 g/mol. The van der Waals surface area contributed by atoms with E-state index in [9.17, 15) is 5.11 Å². The molecule has 1 atom stereocenters. The molecule has 1 aromatic heterocycles. The molecule has 2 rings (SSSR count). The van der Waals surface area contributed by atoms with Crippen LogP contribution in [0.2, 0.25) is 5.02 Å². The second-order valence-corrected chi connectivity index (χ2v) is 6.39. The molecule has 1 aliphatic carbocycles. The summed E-state index contributed by atoms with van der Waals surface area (Å²) >= 11 is 6.35. The number of aliphatic hydroxyl groups excluding tert-OH is 1. The van der Waals surface area contributed by atoms with E-state index in [1.54, 1.807) is 6.20 Å². The van der Waals surface area contributed by atoms with Crippen LogP contribution in [0.5, 0.6) is 0 Å². The fourth-order valence-electron chi connectivity index (χ4n) is 3.89. The van der Waals surface area contributed by atoms with E-state index >= 15 is 0 Å². The molecule has 1 N–H and O–H groups in total. The smallest absolute Gasteiger partial charge is 0.115 e. The Morgan fingerprint density at radius 3 is 2.48 bits per heavy atom.